The average Bonchev–Trinajstić information content (AvgIpc) is 2.93. The molecule has 2 N–H and O–H groups in total. The molecular formula is C16H23N3O. The molecule has 4 nitrogen and oxygen atoms in total. The molecule has 0 unspecified atom stereocenters. The van der Waals surface area contributed by atoms with Crippen molar-refractivity contribution in [3.63, 3.8) is 0 Å². The molecule has 0 bridgehead atoms. The number of benzene rings is 1. The summed E-state index contributed by atoms with van der Waals surface area (Å²) >= 11 is 0. The molecule has 0 amide bonds. The number of ether oxygens (including phenoxy) is 1. The second-order valence-electron chi connectivity index (χ2n) is 5.23. The third-order valence-electron chi connectivity index (χ3n) is 3.44. The molecular weight excluding hydrogens is 250 g/mol. The lowest BCUT2D eigenvalue weighted by Crippen LogP contribution is -2.12. The van der Waals surface area contributed by atoms with Gasteiger partial charge >= 0.3 is 0 Å². The van der Waals surface area contributed by atoms with Gasteiger partial charge in [0, 0.05) is 17.6 Å². The summed E-state index contributed by atoms with van der Waals surface area (Å²) in [6.07, 6.45) is 4.58. The molecule has 2 aromatic rings. The highest BCUT2D eigenvalue weighted by Gasteiger charge is 2.11. The Hall–Kier alpha value is -1.81. The van der Waals surface area contributed by atoms with Gasteiger partial charge in [0.15, 0.2) is 0 Å². The molecule has 1 aromatic heterocycles. The minimum atomic E-state index is 0.0150. The zero-order valence-electron chi connectivity index (χ0n) is 12.4. The van der Waals surface area contributed by atoms with Crippen LogP contribution in [0, 0.1) is 0 Å². The van der Waals surface area contributed by atoms with E-state index >= 15 is 0 Å². The lowest BCUT2D eigenvalue weighted by Gasteiger charge is -2.17. The van der Waals surface area contributed by atoms with Crippen molar-refractivity contribution in [3.8, 4) is 5.75 Å². The SMILES string of the molecule is CC[C@H](N)c1ccccc1OCc1cncn1C(C)C. The van der Waals surface area contributed by atoms with Crippen molar-refractivity contribution in [1.29, 1.82) is 0 Å². The van der Waals surface area contributed by atoms with Crippen molar-refractivity contribution in [2.45, 2.75) is 45.9 Å². The first kappa shape index (κ1) is 14.6. The van der Waals surface area contributed by atoms with Gasteiger partial charge in [0.2, 0.25) is 0 Å². The van der Waals surface area contributed by atoms with Gasteiger partial charge in [-0.1, -0.05) is 25.1 Å². The van der Waals surface area contributed by atoms with Crippen LogP contribution >= 0.6 is 0 Å². The van der Waals surface area contributed by atoms with Crippen LogP contribution in [0.15, 0.2) is 36.8 Å². The molecule has 0 aliphatic heterocycles. The molecule has 0 radical (unpaired) electrons. The van der Waals surface area contributed by atoms with Gasteiger partial charge in [-0.2, -0.15) is 0 Å². The summed E-state index contributed by atoms with van der Waals surface area (Å²) in [5, 5.41) is 0. The maximum Gasteiger partial charge on any atom is 0.130 e. The predicted octanol–water partition coefficient (Wildman–Crippen LogP) is 3.45. The van der Waals surface area contributed by atoms with Crippen LogP contribution in [-0.2, 0) is 6.61 Å². The van der Waals surface area contributed by atoms with E-state index in [1.54, 1.807) is 0 Å². The molecule has 1 heterocycles. The molecule has 20 heavy (non-hydrogen) atoms. The highest BCUT2D eigenvalue weighted by atomic mass is 16.5. The summed E-state index contributed by atoms with van der Waals surface area (Å²) in [5.41, 5.74) is 8.25. The maximum atomic E-state index is 6.12. The van der Waals surface area contributed by atoms with Gasteiger partial charge in [-0.25, -0.2) is 4.98 Å². The Morgan fingerprint density at radius 1 is 1.30 bits per heavy atom. The molecule has 1 aromatic carbocycles. The Bertz CT molecular complexity index is 548. The fourth-order valence-electron chi connectivity index (χ4n) is 2.20. The van der Waals surface area contributed by atoms with E-state index in [0.717, 1.165) is 23.4 Å². The summed E-state index contributed by atoms with van der Waals surface area (Å²) in [7, 11) is 0. The summed E-state index contributed by atoms with van der Waals surface area (Å²) in [4.78, 5) is 4.19. The van der Waals surface area contributed by atoms with Crippen molar-refractivity contribution >= 4 is 0 Å². The van der Waals surface area contributed by atoms with Gasteiger partial charge < -0.3 is 15.0 Å². The smallest absolute Gasteiger partial charge is 0.130 e. The Morgan fingerprint density at radius 3 is 2.75 bits per heavy atom. The van der Waals surface area contributed by atoms with E-state index in [-0.39, 0.29) is 6.04 Å². The lowest BCUT2D eigenvalue weighted by atomic mass is 10.0. The van der Waals surface area contributed by atoms with Crippen LogP contribution in [0.2, 0.25) is 0 Å². The van der Waals surface area contributed by atoms with E-state index in [4.69, 9.17) is 10.5 Å². The first-order valence-electron chi connectivity index (χ1n) is 7.11. The first-order valence-corrected chi connectivity index (χ1v) is 7.11. The number of aromatic nitrogens is 2. The second-order valence-corrected chi connectivity index (χ2v) is 5.23. The van der Waals surface area contributed by atoms with E-state index in [2.05, 4.69) is 30.3 Å². The van der Waals surface area contributed by atoms with Gasteiger partial charge in [0.05, 0.1) is 18.2 Å². The van der Waals surface area contributed by atoms with E-state index in [1.807, 2.05) is 36.8 Å². The number of nitrogens with zero attached hydrogens (tertiary/aromatic N) is 2. The first-order chi connectivity index (χ1) is 9.63. The van der Waals surface area contributed by atoms with Crippen LogP contribution in [0.4, 0.5) is 0 Å². The van der Waals surface area contributed by atoms with Crippen LogP contribution < -0.4 is 10.5 Å². The van der Waals surface area contributed by atoms with E-state index in [1.165, 1.54) is 0 Å². The Kier molecular flexibility index (Phi) is 4.79. The molecule has 1 atom stereocenters. The summed E-state index contributed by atoms with van der Waals surface area (Å²) in [5.74, 6) is 0.860. The highest BCUT2D eigenvalue weighted by Crippen LogP contribution is 2.26. The monoisotopic (exact) mass is 273 g/mol. The molecule has 0 fully saturated rings. The van der Waals surface area contributed by atoms with Gasteiger partial charge in [0.1, 0.15) is 12.4 Å². The predicted molar refractivity (Wildman–Crippen MR) is 80.6 cm³/mol. The van der Waals surface area contributed by atoms with Gasteiger partial charge in [0.25, 0.3) is 0 Å². The number of para-hydroxylation sites is 1. The van der Waals surface area contributed by atoms with Gasteiger partial charge in [-0.3, -0.25) is 0 Å². The third kappa shape index (κ3) is 3.20. The van der Waals surface area contributed by atoms with Gasteiger partial charge in [-0.15, -0.1) is 0 Å². The molecule has 108 valence electrons. The zero-order valence-corrected chi connectivity index (χ0v) is 12.4. The van der Waals surface area contributed by atoms with Crippen molar-refractivity contribution in [2.24, 2.45) is 5.73 Å². The minimum Gasteiger partial charge on any atom is -0.487 e. The van der Waals surface area contributed by atoms with Crippen molar-refractivity contribution in [2.75, 3.05) is 0 Å². The fraction of sp³-hybridized carbons (Fsp3) is 0.438. The number of hydrogen-bond acceptors (Lipinski definition) is 3. The molecule has 0 aliphatic rings. The Labute approximate surface area is 120 Å². The summed E-state index contributed by atoms with van der Waals surface area (Å²) in [6, 6.07) is 8.37. The topological polar surface area (TPSA) is 53.1 Å². The quantitative estimate of drug-likeness (QED) is 0.877. The van der Waals surface area contributed by atoms with Crippen molar-refractivity contribution in [1.82, 2.24) is 9.55 Å². The molecule has 4 heteroatoms. The van der Waals surface area contributed by atoms with Gasteiger partial charge in [-0.05, 0) is 26.3 Å². The van der Waals surface area contributed by atoms with E-state index < -0.39 is 0 Å². The zero-order chi connectivity index (χ0) is 14.5. The summed E-state index contributed by atoms with van der Waals surface area (Å²) in [6.45, 7) is 6.85. The number of rotatable bonds is 6. The number of imidazole rings is 1. The number of hydrogen-bond donors (Lipinski definition) is 1. The largest absolute Gasteiger partial charge is 0.487 e. The maximum absolute atomic E-state index is 6.12. The minimum absolute atomic E-state index is 0.0150. The fourth-order valence-corrected chi connectivity index (χ4v) is 2.20. The molecule has 0 saturated carbocycles. The van der Waals surface area contributed by atoms with Crippen molar-refractivity contribution < 1.29 is 4.74 Å². The Balaban J connectivity index is 2.13. The average molecular weight is 273 g/mol. The van der Waals surface area contributed by atoms with Crippen LogP contribution in [-0.4, -0.2) is 9.55 Å². The highest BCUT2D eigenvalue weighted by molar-refractivity contribution is 5.35. The molecule has 0 aliphatic carbocycles. The standard InChI is InChI=1S/C16H23N3O/c1-4-15(17)14-7-5-6-8-16(14)20-10-13-9-18-11-19(13)12(2)3/h5-9,11-12,15H,4,10,17H2,1-3H3/t15-/m0/s1. The van der Waals surface area contributed by atoms with E-state index in [9.17, 15) is 0 Å². The van der Waals surface area contributed by atoms with Crippen LogP contribution in [0.1, 0.15) is 50.5 Å². The van der Waals surface area contributed by atoms with Crippen LogP contribution in [0.5, 0.6) is 5.75 Å². The molecule has 0 spiro atoms. The third-order valence-corrected chi connectivity index (χ3v) is 3.44. The lowest BCUT2D eigenvalue weighted by molar-refractivity contribution is 0.287. The molecule has 2 rings (SSSR count). The van der Waals surface area contributed by atoms with Crippen molar-refractivity contribution in [3.05, 3.63) is 48.0 Å². The second kappa shape index (κ2) is 6.57. The summed E-state index contributed by atoms with van der Waals surface area (Å²) < 4.78 is 8.07. The number of nitrogens with two attached hydrogens (primary N) is 1. The Morgan fingerprint density at radius 2 is 2.05 bits per heavy atom. The molecule has 0 saturated heterocycles. The van der Waals surface area contributed by atoms with E-state index in [0.29, 0.717) is 12.6 Å². The van der Waals surface area contributed by atoms with Crippen LogP contribution in [0.25, 0.3) is 0 Å². The normalized spacial score (nSPS) is 12.7. The van der Waals surface area contributed by atoms with Crippen LogP contribution in [0.3, 0.4) is 0 Å².